The molecule has 2 unspecified atom stereocenters. The summed E-state index contributed by atoms with van der Waals surface area (Å²) >= 11 is 5.79. The summed E-state index contributed by atoms with van der Waals surface area (Å²) < 4.78 is 4.72. The van der Waals surface area contributed by atoms with Crippen LogP contribution in [0.25, 0.3) is 0 Å². The van der Waals surface area contributed by atoms with E-state index in [0.29, 0.717) is 5.02 Å². The Kier molecular flexibility index (Phi) is 5.82. The first-order chi connectivity index (χ1) is 9.40. The van der Waals surface area contributed by atoms with Gasteiger partial charge in [-0.3, -0.25) is 4.79 Å². The van der Waals surface area contributed by atoms with Gasteiger partial charge in [0, 0.05) is 10.7 Å². The third kappa shape index (κ3) is 3.87. The Bertz CT molecular complexity index is 505. The fourth-order valence-electron chi connectivity index (χ4n) is 1.76. The summed E-state index contributed by atoms with van der Waals surface area (Å²) in [6, 6.07) is 3.89. The van der Waals surface area contributed by atoms with Crippen LogP contribution in [0, 0.1) is 5.92 Å². The Morgan fingerprint density at radius 1 is 1.45 bits per heavy atom. The third-order valence-corrected chi connectivity index (χ3v) is 3.45. The number of anilines is 1. The van der Waals surface area contributed by atoms with Gasteiger partial charge in [0.15, 0.2) is 0 Å². The maximum Gasteiger partial charge on any atom is 0.328 e. The van der Waals surface area contributed by atoms with Crippen molar-refractivity contribution in [2.45, 2.75) is 26.3 Å². The average molecular weight is 299 g/mol. The molecular weight excluding hydrogens is 280 g/mol. The monoisotopic (exact) mass is 298 g/mol. The molecule has 0 saturated carbocycles. The minimum atomic E-state index is -0.701. The first-order valence-electron chi connectivity index (χ1n) is 6.34. The van der Waals surface area contributed by atoms with Crippen LogP contribution in [0.1, 0.15) is 30.6 Å². The van der Waals surface area contributed by atoms with Crippen LogP contribution in [0.2, 0.25) is 5.02 Å². The molecule has 0 bridgehead atoms. The molecule has 1 aromatic rings. The molecule has 6 heteroatoms. The highest BCUT2D eigenvalue weighted by molar-refractivity contribution is 6.31. The van der Waals surface area contributed by atoms with Gasteiger partial charge < -0.3 is 15.8 Å². The van der Waals surface area contributed by atoms with Crippen molar-refractivity contribution < 1.29 is 14.3 Å². The molecule has 0 saturated heterocycles. The predicted octanol–water partition coefficient (Wildman–Crippen LogP) is 2.24. The van der Waals surface area contributed by atoms with Crippen molar-refractivity contribution in [3.05, 3.63) is 28.8 Å². The van der Waals surface area contributed by atoms with Gasteiger partial charge >= 0.3 is 5.97 Å². The molecular formula is C14H19ClN2O3. The van der Waals surface area contributed by atoms with Crippen LogP contribution >= 0.6 is 11.6 Å². The number of esters is 1. The van der Waals surface area contributed by atoms with Crippen LogP contribution in [0.5, 0.6) is 0 Å². The summed E-state index contributed by atoms with van der Waals surface area (Å²) in [5.74, 6) is -0.935. The number of amides is 1. The van der Waals surface area contributed by atoms with E-state index in [1.165, 1.54) is 19.2 Å². The fraction of sp³-hybridized carbons (Fsp3) is 0.429. The molecule has 0 aliphatic heterocycles. The average Bonchev–Trinajstić information content (AvgIpc) is 2.42. The van der Waals surface area contributed by atoms with E-state index in [-0.39, 0.29) is 17.2 Å². The number of carbonyl (C=O) groups is 2. The summed E-state index contributed by atoms with van der Waals surface area (Å²) in [6.07, 6.45) is 0.732. The van der Waals surface area contributed by atoms with Gasteiger partial charge in [-0.15, -0.1) is 0 Å². The molecule has 0 aliphatic rings. The molecule has 110 valence electrons. The summed E-state index contributed by atoms with van der Waals surface area (Å²) in [6.45, 7) is 3.80. The Labute approximate surface area is 123 Å². The van der Waals surface area contributed by atoms with E-state index in [0.717, 1.165) is 6.42 Å². The highest BCUT2D eigenvalue weighted by Gasteiger charge is 2.27. The Balaban J connectivity index is 2.93. The van der Waals surface area contributed by atoms with E-state index < -0.39 is 17.9 Å². The standard InChI is InChI=1S/C14H19ClN2O3/c1-4-8(2)12(14(19)20-3)17-13(18)10-6-5-9(15)7-11(10)16/h5-8,12H,4,16H2,1-3H3,(H,17,18). The zero-order valence-corrected chi connectivity index (χ0v) is 12.5. The van der Waals surface area contributed by atoms with Gasteiger partial charge in [0.2, 0.25) is 0 Å². The number of carbonyl (C=O) groups excluding carboxylic acids is 2. The molecule has 1 rings (SSSR count). The molecule has 0 aromatic heterocycles. The van der Waals surface area contributed by atoms with Crippen LogP contribution in [0.3, 0.4) is 0 Å². The molecule has 5 nitrogen and oxygen atoms in total. The number of halogens is 1. The first kappa shape index (κ1) is 16.3. The number of ether oxygens (including phenoxy) is 1. The number of hydrogen-bond donors (Lipinski definition) is 2. The van der Waals surface area contributed by atoms with Gasteiger partial charge in [0.1, 0.15) is 6.04 Å². The number of methoxy groups -OCH3 is 1. The van der Waals surface area contributed by atoms with Gasteiger partial charge in [0.05, 0.1) is 12.7 Å². The van der Waals surface area contributed by atoms with E-state index in [4.69, 9.17) is 22.1 Å². The zero-order chi connectivity index (χ0) is 15.3. The molecule has 1 amide bonds. The molecule has 0 spiro atoms. The fourth-order valence-corrected chi connectivity index (χ4v) is 1.94. The Hall–Kier alpha value is -1.75. The van der Waals surface area contributed by atoms with Crippen molar-refractivity contribution in [3.8, 4) is 0 Å². The highest BCUT2D eigenvalue weighted by atomic mass is 35.5. The van der Waals surface area contributed by atoms with Crippen LogP contribution in [0.15, 0.2) is 18.2 Å². The zero-order valence-electron chi connectivity index (χ0n) is 11.8. The topological polar surface area (TPSA) is 81.4 Å². The van der Waals surface area contributed by atoms with E-state index in [2.05, 4.69) is 5.32 Å². The quantitative estimate of drug-likeness (QED) is 0.645. The Morgan fingerprint density at radius 2 is 2.10 bits per heavy atom. The molecule has 20 heavy (non-hydrogen) atoms. The van der Waals surface area contributed by atoms with Crippen LogP contribution in [-0.2, 0) is 9.53 Å². The first-order valence-corrected chi connectivity index (χ1v) is 6.72. The number of rotatable bonds is 5. The second kappa shape index (κ2) is 7.14. The van der Waals surface area contributed by atoms with E-state index >= 15 is 0 Å². The second-order valence-corrected chi connectivity index (χ2v) is 5.03. The Morgan fingerprint density at radius 3 is 2.60 bits per heavy atom. The summed E-state index contributed by atoms with van der Waals surface area (Å²) in [4.78, 5) is 23.9. The van der Waals surface area contributed by atoms with E-state index in [9.17, 15) is 9.59 Å². The summed E-state index contributed by atoms with van der Waals surface area (Å²) in [7, 11) is 1.29. The van der Waals surface area contributed by atoms with Crippen molar-refractivity contribution in [2.24, 2.45) is 5.92 Å². The SMILES string of the molecule is CCC(C)C(NC(=O)c1ccc(Cl)cc1N)C(=O)OC. The number of nitrogens with two attached hydrogens (primary N) is 1. The molecule has 0 aliphatic carbocycles. The minimum Gasteiger partial charge on any atom is -0.467 e. The predicted molar refractivity (Wildman–Crippen MR) is 78.6 cm³/mol. The number of benzene rings is 1. The van der Waals surface area contributed by atoms with Gasteiger partial charge in [-0.1, -0.05) is 31.9 Å². The molecule has 1 aromatic carbocycles. The highest BCUT2D eigenvalue weighted by Crippen LogP contribution is 2.19. The lowest BCUT2D eigenvalue weighted by Crippen LogP contribution is -2.45. The maximum atomic E-state index is 12.2. The number of hydrogen-bond acceptors (Lipinski definition) is 4. The van der Waals surface area contributed by atoms with Crippen molar-refractivity contribution in [1.82, 2.24) is 5.32 Å². The molecule has 0 fully saturated rings. The van der Waals surface area contributed by atoms with Crippen molar-refractivity contribution in [1.29, 1.82) is 0 Å². The smallest absolute Gasteiger partial charge is 0.328 e. The van der Waals surface area contributed by atoms with Gasteiger partial charge in [0.25, 0.3) is 5.91 Å². The normalized spacial score (nSPS) is 13.4. The van der Waals surface area contributed by atoms with Crippen LogP contribution < -0.4 is 11.1 Å². The van der Waals surface area contributed by atoms with Gasteiger partial charge in [-0.05, 0) is 24.1 Å². The van der Waals surface area contributed by atoms with E-state index in [1.807, 2.05) is 13.8 Å². The molecule has 0 heterocycles. The summed E-state index contributed by atoms with van der Waals surface area (Å²) in [5.41, 5.74) is 6.30. The molecule has 2 atom stereocenters. The van der Waals surface area contributed by atoms with E-state index in [1.54, 1.807) is 6.07 Å². The van der Waals surface area contributed by atoms with Crippen molar-refractivity contribution >= 4 is 29.2 Å². The number of nitrogen functional groups attached to an aromatic ring is 1. The lowest BCUT2D eigenvalue weighted by Gasteiger charge is -2.22. The largest absolute Gasteiger partial charge is 0.467 e. The maximum absolute atomic E-state index is 12.2. The molecule has 0 radical (unpaired) electrons. The lowest BCUT2D eigenvalue weighted by molar-refractivity contribution is -0.144. The minimum absolute atomic E-state index is 0.0417. The van der Waals surface area contributed by atoms with Crippen molar-refractivity contribution in [3.63, 3.8) is 0 Å². The van der Waals surface area contributed by atoms with Crippen LogP contribution in [0.4, 0.5) is 5.69 Å². The summed E-state index contributed by atoms with van der Waals surface area (Å²) in [5, 5.41) is 3.11. The van der Waals surface area contributed by atoms with Crippen LogP contribution in [-0.4, -0.2) is 25.0 Å². The van der Waals surface area contributed by atoms with Crippen molar-refractivity contribution in [2.75, 3.05) is 12.8 Å². The molecule has 3 N–H and O–H groups in total. The number of nitrogens with one attached hydrogen (secondary N) is 1. The van der Waals surface area contributed by atoms with Gasteiger partial charge in [-0.2, -0.15) is 0 Å². The third-order valence-electron chi connectivity index (χ3n) is 3.21. The second-order valence-electron chi connectivity index (χ2n) is 4.59. The lowest BCUT2D eigenvalue weighted by atomic mass is 9.98. The van der Waals surface area contributed by atoms with Gasteiger partial charge in [-0.25, -0.2) is 4.79 Å².